The highest BCUT2D eigenvalue weighted by molar-refractivity contribution is 5.81. The Morgan fingerprint density at radius 2 is 1.48 bits per heavy atom. The summed E-state index contributed by atoms with van der Waals surface area (Å²) in [5.74, 6) is 0.275. The molecule has 0 aliphatic carbocycles. The highest BCUT2D eigenvalue weighted by Crippen LogP contribution is 2.22. The van der Waals surface area contributed by atoms with Crippen molar-refractivity contribution in [2.24, 2.45) is 0 Å². The first-order chi connectivity index (χ1) is 13.0. The van der Waals surface area contributed by atoms with Gasteiger partial charge in [0, 0.05) is 52.4 Å². The number of nitrogens with zero attached hydrogens (tertiary/aromatic N) is 5. The summed E-state index contributed by atoms with van der Waals surface area (Å²) < 4.78 is 0. The van der Waals surface area contributed by atoms with Crippen molar-refractivity contribution in [3.8, 4) is 0 Å². The second kappa shape index (κ2) is 9.68. The van der Waals surface area contributed by atoms with E-state index >= 15 is 0 Å². The van der Waals surface area contributed by atoms with E-state index in [2.05, 4.69) is 33.7 Å². The van der Waals surface area contributed by atoms with Crippen LogP contribution in [-0.2, 0) is 4.79 Å². The monoisotopic (exact) mass is 379 g/mol. The molecule has 6 heteroatoms. The predicted molar refractivity (Wildman–Crippen MR) is 111 cm³/mol. The second-order valence-electron chi connectivity index (χ2n) is 9.22. The van der Waals surface area contributed by atoms with E-state index in [1.165, 1.54) is 51.6 Å². The third kappa shape index (κ3) is 5.43. The molecule has 0 spiro atoms. The molecule has 6 nitrogen and oxygen atoms in total. The van der Waals surface area contributed by atoms with Crippen LogP contribution in [0.4, 0.5) is 0 Å². The SMILES string of the molecule is CN(C)C(=O)C1CN(CCC2CCCN2C)CCN1CCC1CCCN1C. The fraction of sp³-hybridized carbons (Fsp3) is 0.952. The van der Waals surface area contributed by atoms with Gasteiger partial charge in [-0.15, -0.1) is 0 Å². The first kappa shape index (κ1) is 21.0. The number of rotatable bonds is 7. The Bertz CT molecular complexity index is 485. The van der Waals surface area contributed by atoms with Gasteiger partial charge in [0.1, 0.15) is 6.04 Å². The zero-order chi connectivity index (χ0) is 19.4. The van der Waals surface area contributed by atoms with Crippen molar-refractivity contribution >= 4 is 5.91 Å². The predicted octanol–water partition coefficient (Wildman–Crippen LogP) is 1.03. The molecular weight excluding hydrogens is 338 g/mol. The lowest BCUT2D eigenvalue weighted by Crippen LogP contribution is -2.59. The minimum atomic E-state index is 0.0294. The summed E-state index contributed by atoms with van der Waals surface area (Å²) in [4.78, 5) is 24.7. The Morgan fingerprint density at radius 3 is 2.00 bits per heavy atom. The molecule has 3 saturated heterocycles. The van der Waals surface area contributed by atoms with Crippen molar-refractivity contribution in [1.82, 2.24) is 24.5 Å². The maximum atomic E-state index is 12.9. The molecule has 0 saturated carbocycles. The van der Waals surface area contributed by atoms with Crippen molar-refractivity contribution in [2.75, 3.05) is 74.0 Å². The van der Waals surface area contributed by atoms with Gasteiger partial charge >= 0.3 is 0 Å². The normalized spacial score (nSPS) is 31.6. The van der Waals surface area contributed by atoms with Crippen molar-refractivity contribution < 1.29 is 4.79 Å². The van der Waals surface area contributed by atoms with Crippen LogP contribution in [0.15, 0.2) is 0 Å². The maximum Gasteiger partial charge on any atom is 0.240 e. The highest BCUT2D eigenvalue weighted by Gasteiger charge is 2.34. The Kier molecular flexibility index (Phi) is 7.54. The topological polar surface area (TPSA) is 33.3 Å². The number of carbonyl (C=O) groups is 1. The zero-order valence-electron chi connectivity index (χ0n) is 18.1. The lowest BCUT2D eigenvalue weighted by molar-refractivity contribution is -0.137. The third-order valence-electron chi connectivity index (χ3n) is 7.17. The van der Waals surface area contributed by atoms with E-state index in [0.29, 0.717) is 6.04 Å². The van der Waals surface area contributed by atoms with Crippen LogP contribution < -0.4 is 0 Å². The molecule has 1 amide bonds. The average Bonchev–Trinajstić information content (AvgIpc) is 3.25. The van der Waals surface area contributed by atoms with E-state index in [9.17, 15) is 4.79 Å². The highest BCUT2D eigenvalue weighted by atomic mass is 16.2. The van der Waals surface area contributed by atoms with Crippen LogP contribution in [0.3, 0.4) is 0 Å². The average molecular weight is 380 g/mol. The van der Waals surface area contributed by atoms with E-state index in [0.717, 1.165) is 38.8 Å². The summed E-state index contributed by atoms with van der Waals surface area (Å²) in [6.07, 6.45) is 7.76. The van der Waals surface area contributed by atoms with Gasteiger partial charge in [-0.2, -0.15) is 0 Å². The summed E-state index contributed by atoms with van der Waals surface area (Å²) >= 11 is 0. The molecule has 3 heterocycles. The van der Waals surface area contributed by atoms with Crippen LogP contribution in [0.1, 0.15) is 38.5 Å². The number of likely N-dealkylation sites (N-methyl/N-ethyl adjacent to an activating group) is 1. The van der Waals surface area contributed by atoms with Gasteiger partial charge in [-0.1, -0.05) is 0 Å². The van der Waals surface area contributed by atoms with Crippen LogP contribution in [0.25, 0.3) is 0 Å². The largest absolute Gasteiger partial charge is 0.347 e. The zero-order valence-corrected chi connectivity index (χ0v) is 18.1. The van der Waals surface area contributed by atoms with Gasteiger partial charge in [-0.3, -0.25) is 14.6 Å². The molecule has 3 atom stereocenters. The van der Waals surface area contributed by atoms with Gasteiger partial charge in [0.2, 0.25) is 5.91 Å². The summed E-state index contributed by atoms with van der Waals surface area (Å²) in [6, 6.07) is 1.47. The van der Waals surface area contributed by atoms with E-state index in [4.69, 9.17) is 0 Å². The lowest BCUT2D eigenvalue weighted by Gasteiger charge is -2.42. The van der Waals surface area contributed by atoms with Crippen molar-refractivity contribution in [3.63, 3.8) is 0 Å². The van der Waals surface area contributed by atoms with Crippen LogP contribution in [0.5, 0.6) is 0 Å². The molecule has 0 aromatic rings. The molecule has 3 aliphatic heterocycles. The van der Waals surface area contributed by atoms with E-state index in [1.54, 1.807) is 4.90 Å². The molecule has 0 aromatic carbocycles. The Hall–Kier alpha value is -0.690. The number of amides is 1. The summed E-state index contributed by atoms with van der Waals surface area (Å²) in [7, 11) is 8.31. The van der Waals surface area contributed by atoms with Crippen LogP contribution in [0.2, 0.25) is 0 Å². The molecule has 3 fully saturated rings. The van der Waals surface area contributed by atoms with Crippen LogP contribution >= 0.6 is 0 Å². The Labute approximate surface area is 166 Å². The van der Waals surface area contributed by atoms with Crippen molar-refractivity contribution in [1.29, 1.82) is 0 Å². The minimum absolute atomic E-state index is 0.0294. The number of likely N-dealkylation sites (tertiary alicyclic amines) is 2. The van der Waals surface area contributed by atoms with E-state index < -0.39 is 0 Å². The molecule has 3 rings (SSSR count). The summed E-state index contributed by atoms with van der Waals surface area (Å²) in [5.41, 5.74) is 0. The third-order valence-corrected chi connectivity index (χ3v) is 7.17. The van der Waals surface area contributed by atoms with Crippen molar-refractivity contribution in [2.45, 2.75) is 56.7 Å². The smallest absolute Gasteiger partial charge is 0.240 e. The first-order valence-electron chi connectivity index (χ1n) is 11.0. The number of hydrogen-bond donors (Lipinski definition) is 0. The van der Waals surface area contributed by atoms with Gasteiger partial charge in [0.25, 0.3) is 0 Å². The first-order valence-corrected chi connectivity index (χ1v) is 11.0. The number of piperazine rings is 1. The summed E-state index contributed by atoms with van der Waals surface area (Å²) in [5, 5.41) is 0. The molecule has 156 valence electrons. The Balaban J connectivity index is 1.52. The lowest BCUT2D eigenvalue weighted by atomic mass is 10.1. The van der Waals surface area contributed by atoms with E-state index in [-0.39, 0.29) is 11.9 Å². The van der Waals surface area contributed by atoms with Crippen LogP contribution in [0, 0.1) is 0 Å². The van der Waals surface area contributed by atoms with Crippen LogP contribution in [-0.4, -0.2) is 123 Å². The fourth-order valence-corrected chi connectivity index (χ4v) is 5.21. The fourth-order valence-electron chi connectivity index (χ4n) is 5.21. The molecule has 27 heavy (non-hydrogen) atoms. The quantitative estimate of drug-likeness (QED) is 0.660. The molecule has 0 N–H and O–H groups in total. The van der Waals surface area contributed by atoms with Gasteiger partial charge in [0.05, 0.1) is 0 Å². The molecule has 3 unspecified atom stereocenters. The molecule has 0 radical (unpaired) electrons. The van der Waals surface area contributed by atoms with Gasteiger partial charge < -0.3 is 14.7 Å². The Morgan fingerprint density at radius 1 is 0.889 bits per heavy atom. The second-order valence-corrected chi connectivity index (χ2v) is 9.22. The molecule has 0 bridgehead atoms. The minimum Gasteiger partial charge on any atom is -0.347 e. The number of hydrogen-bond acceptors (Lipinski definition) is 5. The van der Waals surface area contributed by atoms with Gasteiger partial charge in [-0.25, -0.2) is 0 Å². The molecule has 3 aliphatic rings. The molecule has 0 aromatic heterocycles. The van der Waals surface area contributed by atoms with Crippen molar-refractivity contribution in [3.05, 3.63) is 0 Å². The van der Waals surface area contributed by atoms with Gasteiger partial charge in [0.15, 0.2) is 0 Å². The summed E-state index contributed by atoms with van der Waals surface area (Å²) in [6.45, 7) is 7.69. The molecular formula is C21H41N5O. The maximum absolute atomic E-state index is 12.9. The standard InChI is InChI=1S/C21H41N5O/c1-22(2)21(27)20-17-25(13-9-18-7-5-11-23(18)3)15-16-26(20)14-10-19-8-6-12-24(19)4/h18-20H,5-17H2,1-4H3. The van der Waals surface area contributed by atoms with Gasteiger partial charge in [-0.05, 0) is 72.3 Å². The van der Waals surface area contributed by atoms with E-state index in [1.807, 2.05) is 14.1 Å². The number of carbonyl (C=O) groups excluding carboxylic acids is 1.